The van der Waals surface area contributed by atoms with Gasteiger partial charge in [-0.15, -0.1) is 0 Å². The highest BCUT2D eigenvalue weighted by atomic mass is 32.2. The Hall–Kier alpha value is -1.44. The van der Waals surface area contributed by atoms with E-state index < -0.39 is 15.3 Å². The van der Waals surface area contributed by atoms with E-state index in [1.165, 1.54) is 12.8 Å². The molecule has 0 spiro atoms. The van der Waals surface area contributed by atoms with Gasteiger partial charge in [-0.1, -0.05) is 18.2 Å². The number of sulfonamides is 1. The molecule has 7 heteroatoms. The maximum Gasteiger partial charge on any atom is 0.253 e. The fraction of sp³-hybridized carbons (Fsp3) is 0.667. The van der Waals surface area contributed by atoms with Gasteiger partial charge in [-0.05, 0) is 63.7 Å². The molecular formula is C21H31N3O3S. The van der Waals surface area contributed by atoms with Crippen LogP contribution in [0.1, 0.15) is 48.9 Å². The van der Waals surface area contributed by atoms with Crippen LogP contribution in [-0.4, -0.2) is 79.0 Å². The Morgan fingerprint density at radius 2 is 1.54 bits per heavy atom. The van der Waals surface area contributed by atoms with Gasteiger partial charge < -0.3 is 9.80 Å². The molecule has 1 aromatic carbocycles. The molecule has 1 amide bonds. The third-order valence-corrected chi connectivity index (χ3v) is 8.86. The normalized spacial score (nSPS) is 25.9. The molecule has 28 heavy (non-hydrogen) atoms. The number of benzene rings is 1. The lowest BCUT2D eigenvalue weighted by molar-refractivity contribution is 0.0725. The van der Waals surface area contributed by atoms with E-state index >= 15 is 0 Å². The van der Waals surface area contributed by atoms with Crippen LogP contribution >= 0.6 is 0 Å². The zero-order valence-electron chi connectivity index (χ0n) is 16.5. The minimum absolute atomic E-state index is 0.0618. The zero-order chi connectivity index (χ0) is 19.6. The van der Waals surface area contributed by atoms with E-state index in [2.05, 4.69) is 4.90 Å². The van der Waals surface area contributed by atoms with Crippen molar-refractivity contribution in [2.45, 2.75) is 49.8 Å². The minimum atomic E-state index is -3.36. The Bertz CT molecular complexity index is 769. The van der Waals surface area contributed by atoms with Crippen LogP contribution in [0.15, 0.2) is 30.3 Å². The molecule has 1 atom stereocenters. The van der Waals surface area contributed by atoms with Crippen molar-refractivity contribution in [1.29, 1.82) is 0 Å². The number of nitrogens with zero attached hydrogens (tertiary/aromatic N) is 3. The van der Waals surface area contributed by atoms with Crippen molar-refractivity contribution in [3.63, 3.8) is 0 Å². The predicted molar refractivity (Wildman–Crippen MR) is 110 cm³/mol. The third-order valence-electron chi connectivity index (χ3n) is 6.55. The molecule has 0 bridgehead atoms. The summed E-state index contributed by atoms with van der Waals surface area (Å²) in [5, 5.41) is -0.475. The van der Waals surface area contributed by atoms with Crippen LogP contribution in [0.3, 0.4) is 0 Å². The SMILES string of the molecule is O=C(c1ccccc1)N1CCC[C@H](S(=O)(=O)N2CCC(N3CCCC3)CC2)C1. The summed E-state index contributed by atoms with van der Waals surface area (Å²) in [5.41, 5.74) is 0.631. The summed E-state index contributed by atoms with van der Waals surface area (Å²) >= 11 is 0. The fourth-order valence-corrected chi connectivity index (χ4v) is 6.88. The number of likely N-dealkylation sites (tertiary alicyclic amines) is 2. The van der Waals surface area contributed by atoms with Crippen LogP contribution in [0.5, 0.6) is 0 Å². The Morgan fingerprint density at radius 1 is 0.857 bits per heavy atom. The van der Waals surface area contributed by atoms with Crippen LogP contribution in [-0.2, 0) is 10.0 Å². The number of hydrogen-bond donors (Lipinski definition) is 0. The molecule has 0 aromatic heterocycles. The Labute approximate surface area is 168 Å². The molecule has 1 aromatic rings. The number of hydrogen-bond acceptors (Lipinski definition) is 4. The highest BCUT2D eigenvalue weighted by Gasteiger charge is 2.39. The lowest BCUT2D eigenvalue weighted by Crippen LogP contribution is -2.52. The van der Waals surface area contributed by atoms with Gasteiger partial charge in [0, 0.05) is 37.8 Å². The first kappa shape index (κ1) is 19.9. The predicted octanol–water partition coefficient (Wildman–Crippen LogP) is 2.18. The summed E-state index contributed by atoms with van der Waals surface area (Å²) in [5.74, 6) is -0.0618. The molecule has 6 nitrogen and oxygen atoms in total. The van der Waals surface area contributed by atoms with Crippen LogP contribution in [0.2, 0.25) is 0 Å². The largest absolute Gasteiger partial charge is 0.337 e. The number of carbonyl (C=O) groups excluding carboxylic acids is 1. The molecule has 0 aliphatic carbocycles. The first-order valence-electron chi connectivity index (χ1n) is 10.6. The fourth-order valence-electron chi connectivity index (χ4n) is 4.91. The number of piperidine rings is 2. The monoisotopic (exact) mass is 405 g/mol. The maximum absolute atomic E-state index is 13.2. The van der Waals surface area contributed by atoms with Crippen molar-refractivity contribution >= 4 is 15.9 Å². The smallest absolute Gasteiger partial charge is 0.253 e. The van der Waals surface area contributed by atoms with Gasteiger partial charge in [0.15, 0.2) is 0 Å². The Kier molecular flexibility index (Phi) is 6.04. The molecule has 3 aliphatic heterocycles. The van der Waals surface area contributed by atoms with Crippen molar-refractivity contribution < 1.29 is 13.2 Å². The van der Waals surface area contributed by atoms with Gasteiger partial charge in [0.1, 0.15) is 0 Å². The topological polar surface area (TPSA) is 60.9 Å². The second-order valence-electron chi connectivity index (χ2n) is 8.30. The maximum atomic E-state index is 13.2. The average molecular weight is 406 g/mol. The Balaban J connectivity index is 1.38. The molecule has 3 saturated heterocycles. The average Bonchev–Trinajstić information content (AvgIpc) is 3.29. The molecule has 0 saturated carbocycles. The molecular weight excluding hydrogens is 374 g/mol. The van der Waals surface area contributed by atoms with E-state index in [0.29, 0.717) is 44.2 Å². The van der Waals surface area contributed by atoms with Gasteiger partial charge in [-0.3, -0.25) is 4.79 Å². The summed E-state index contributed by atoms with van der Waals surface area (Å²) in [6.07, 6.45) is 5.79. The van der Waals surface area contributed by atoms with E-state index in [4.69, 9.17) is 0 Å². The van der Waals surface area contributed by atoms with Crippen LogP contribution < -0.4 is 0 Å². The molecule has 4 rings (SSSR count). The van der Waals surface area contributed by atoms with Crippen molar-refractivity contribution in [3.8, 4) is 0 Å². The molecule has 0 unspecified atom stereocenters. The molecule has 3 aliphatic rings. The second-order valence-corrected chi connectivity index (χ2v) is 10.5. The van der Waals surface area contributed by atoms with E-state index in [-0.39, 0.29) is 5.91 Å². The summed E-state index contributed by atoms with van der Waals surface area (Å²) in [4.78, 5) is 17.0. The quantitative estimate of drug-likeness (QED) is 0.770. The van der Waals surface area contributed by atoms with Gasteiger partial charge >= 0.3 is 0 Å². The third kappa shape index (κ3) is 4.11. The highest BCUT2D eigenvalue weighted by molar-refractivity contribution is 7.89. The van der Waals surface area contributed by atoms with E-state index in [9.17, 15) is 13.2 Å². The number of amides is 1. The zero-order valence-corrected chi connectivity index (χ0v) is 17.3. The van der Waals surface area contributed by atoms with Crippen LogP contribution in [0.25, 0.3) is 0 Å². The van der Waals surface area contributed by atoms with Crippen LogP contribution in [0.4, 0.5) is 0 Å². The number of rotatable bonds is 4. The van der Waals surface area contributed by atoms with E-state index in [0.717, 1.165) is 32.4 Å². The van der Waals surface area contributed by atoms with Gasteiger partial charge in [0.05, 0.1) is 5.25 Å². The lowest BCUT2D eigenvalue weighted by atomic mass is 10.1. The Morgan fingerprint density at radius 3 is 2.21 bits per heavy atom. The summed E-state index contributed by atoms with van der Waals surface area (Å²) in [6, 6.07) is 9.70. The van der Waals surface area contributed by atoms with Gasteiger partial charge in [0.2, 0.25) is 10.0 Å². The molecule has 0 radical (unpaired) electrons. The van der Waals surface area contributed by atoms with Gasteiger partial charge in [-0.25, -0.2) is 12.7 Å². The second kappa shape index (κ2) is 8.51. The van der Waals surface area contributed by atoms with Crippen molar-refractivity contribution in [1.82, 2.24) is 14.1 Å². The minimum Gasteiger partial charge on any atom is -0.337 e. The first-order chi connectivity index (χ1) is 13.6. The van der Waals surface area contributed by atoms with Crippen molar-refractivity contribution in [2.24, 2.45) is 0 Å². The van der Waals surface area contributed by atoms with Crippen molar-refractivity contribution in [2.75, 3.05) is 39.3 Å². The van der Waals surface area contributed by atoms with Gasteiger partial charge in [0.25, 0.3) is 5.91 Å². The highest BCUT2D eigenvalue weighted by Crippen LogP contribution is 2.27. The van der Waals surface area contributed by atoms with E-state index in [1.807, 2.05) is 18.2 Å². The lowest BCUT2D eigenvalue weighted by Gasteiger charge is -2.39. The van der Waals surface area contributed by atoms with Crippen molar-refractivity contribution in [3.05, 3.63) is 35.9 Å². The molecule has 0 N–H and O–H groups in total. The molecule has 154 valence electrons. The molecule has 3 fully saturated rings. The molecule has 3 heterocycles. The van der Waals surface area contributed by atoms with E-state index in [1.54, 1.807) is 21.3 Å². The summed E-state index contributed by atoms with van der Waals surface area (Å²) in [7, 11) is -3.36. The summed E-state index contributed by atoms with van der Waals surface area (Å²) in [6.45, 7) is 4.51. The summed E-state index contributed by atoms with van der Waals surface area (Å²) < 4.78 is 28.2. The number of carbonyl (C=O) groups is 1. The van der Waals surface area contributed by atoms with Gasteiger partial charge in [-0.2, -0.15) is 0 Å². The first-order valence-corrected chi connectivity index (χ1v) is 12.1. The van der Waals surface area contributed by atoms with Crippen LogP contribution in [0, 0.1) is 0 Å². The standard InChI is InChI=1S/C21H31N3O3S/c25-21(18-7-2-1-3-8-18)23-14-6-9-20(17-23)28(26,27)24-15-10-19(11-16-24)22-12-4-5-13-22/h1-3,7-8,19-20H,4-6,9-17H2/t20-/m0/s1.